The largest absolute Gasteiger partial charge is 0.444 e. The summed E-state index contributed by atoms with van der Waals surface area (Å²) in [6, 6.07) is 13.6. The number of amides is 1. The fourth-order valence-corrected chi connectivity index (χ4v) is 2.93. The summed E-state index contributed by atoms with van der Waals surface area (Å²) in [5.41, 5.74) is 2.41. The Bertz CT molecular complexity index is 843. The van der Waals surface area contributed by atoms with Crippen LogP contribution in [0.1, 0.15) is 42.1 Å². The highest BCUT2D eigenvalue weighted by atomic mass is 19.1. The Morgan fingerprint density at radius 1 is 1.07 bits per heavy atom. The molecule has 0 aliphatic heterocycles. The van der Waals surface area contributed by atoms with Crippen molar-refractivity contribution in [2.75, 3.05) is 6.54 Å². The molecular weight excluding hydrogens is 343 g/mol. The number of oxazole rings is 1. The summed E-state index contributed by atoms with van der Waals surface area (Å²) in [6.45, 7) is 3.27. The summed E-state index contributed by atoms with van der Waals surface area (Å²) in [5, 5.41) is 0. The highest BCUT2D eigenvalue weighted by molar-refractivity contribution is 5.94. The van der Waals surface area contributed by atoms with Gasteiger partial charge in [0.15, 0.2) is 12.2 Å². The summed E-state index contributed by atoms with van der Waals surface area (Å²) in [4.78, 5) is 18.8. The summed E-state index contributed by atoms with van der Waals surface area (Å²) in [6.07, 6.45) is 6.12. The maximum atomic E-state index is 13.2. The molecule has 0 atom stereocenters. The quantitative estimate of drug-likeness (QED) is 0.507. The molecule has 0 aliphatic carbocycles. The normalized spacial score (nSPS) is 10.7. The Balaban J connectivity index is 1.75. The lowest BCUT2D eigenvalue weighted by molar-refractivity contribution is 0.0740. The van der Waals surface area contributed by atoms with Crippen LogP contribution in [0.4, 0.5) is 4.39 Å². The van der Waals surface area contributed by atoms with Crippen molar-refractivity contribution in [3.05, 3.63) is 78.1 Å². The van der Waals surface area contributed by atoms with E-state index in [1.165, 1.54) is 18.5 Å². The zero-order valence-corrected chi connectivity index (χ0v) is 15.4. The van der Waals surface area contributed by atoms with Gasteiger partial charge in [0.2, 0.25) is 0 Å². The van der Waals surface area contributed by atoms with Gasteiger partial charge >= 0.3 is 0 Å². The predicted molar refractivity (Wildman–Crippen MR) is 103 cm³/mol. The maximum absolute atomic E-state index is 13.2. The molecule has 140 valence electrons. The number of aromatic nitrogens is 1. The number of carbonyl (C=O) groups excluding carboxylic acids is 1. The van der Waals surface area contributed by atoms with Crippen LogP contribution >= 0.6 is 0 Å². The van der Waals surface area contributed by atoms with Gasteiger partial charge in [-0.15, -0.1) is 0 Å². The highest BCUT2D eigenvalue weighted by Gasteiger charge is 2.16. The Hall–Kier alpha value is -2.95. The number of nitrogens with zero attached hydrogens (tertiary/aromatic N) is 2. The molecule has 0 saturated carbocycles. The minimum absolute atomic E-state index is 0.0282. The van der Waals surface area contributed by atoms with Crippen molar-refractivity contribution in [1.82, 2.24) is 9.88 Å². The van der Waals surface area contributed by atoms with Crippen molar-refractivity contribution >= 4 is 5.91 Å². The summed E-state index contributed by atoms with van der Waals surface area (Å²) in [7, 11) is 0. The Morgan fingerprint density at radius 3 is 2.44 bits per heavy atom. The molecule has 3 aromatic rings. The van der Waals surface area contributed by atoms with Crippen molar-refractivity contribution in [2.45, 2.75) is 32.7 Å². The topological polar surface area (TPSA) is 46.3 Å². The summed E-state index contributed by atoms with van der Waals surface area (Å²) < 4.78 is 18.4. The molecule has 1 heterocycles. The molecule has 1 amide bonds. The van der Waals surface area contributed by atoms with Gasteiger partial charge in [0.25, 0.3) is 5.91 Å². The van der Waals surface area contributed by atoms with Gasteiger partial charge in [0, 0.05) is 24.2 Å². The fraction of sp³-hybridized carbons (Fsp3) is 0.273. The van der Waals surface area contributed by atoms with E-state index in [1.54, 1.807) is 30.5 Å². The van der Waals surface area contributed by atoms with Crippen molar-refractivity contribution in [1.29, 1.82) is 0 Å². The Labute approximate surface area is 158 Å². The number of hydrogen-bond donors (Lipinski definition) is 0. The minimum atomic E-state index is -0.273. The van der Waals surface area contributed by atoms with Gasteiger partial charge < -0.3 is 9.32 Å². The molecule has 5 heteroatoms. The van der Waals surface area contributed by atoms with Crippen molar-refractivity contribution in [3.8, 4) is 11.3 Å². The Morgan fingerprint density at radius 2 is 1.81 bits per heavy atom. The molecule has 27 heavy (non-hydrogen) atoms. The van der Waals surface area contributed by atoms with Gasteiger partial charge in [0.05, 0.1) is 6.20 Å². The second-order valence-electron chi connectivity index (χ2n) is 6.50. The molecule has 0 spiro atoms. The lowest BCUT2D eigenvalue weighted by Crippen LogP contribution is -2.31. The fourth-order valence-electron chi connectivity index (χ4n) is 2.93. The molecule has 0 unspecified atom stereocenters. The smallest absolute Gasteiger partial charge is 0.254 e. The van der Waals surface area contributed by atoms with E-state index < -0.39 is 0 Å². The van der Waals surface area contributed by atoms with E-state index >= 15 is 0 Å². The minimum Gasteiger partial charge on any atom is -0.444 e. The molecule has 4 nitrogen and oxygen atoms in total. The average Bonchev–Trinajstić information content (AvgIpc) is 3.23. The molecule has 0 N–H and O–H groups in total. The predicted octanol–water partition coefficient (Wildman–Crippen LogP) is 5.31. The van der Waals surface area contributed by atoms with Crippen molar-refractivity contribution < 1.29 is 13.6 Å². The average molecular weight is 366 g/mol. The lowest BCUT2D eigenvalue weighted by atomic mass is 10.1. The van der Waals surface area contributed by atoms with Crippen LogP contribution in [0.3, 0.4) is 0 Å². The lowest BCUT2D eigenvalue weighted by Gasteiger charge is -2.23. The van der Waals surface area contributed by atoms with Crippen LogP contribution in [0.5, 0.6) is 0 Å². The second-order valence-corrected chi connectivity index (χ2v) is 6.50. The maximum Gasteiger partial charge on any atom is 0.254 e. The molecule has 2 aromatic carbocycles. The van der Waals surface area contributed by atoms with Gasteiger partial charge in [-0.05, 0) is 36.2 Å². The van der Waals surface area contributed by atoms with Gasteiger partial charge in [-0.2, -0.15) is 0 Å². The van der Waals surface area contributed by atoms with Crippen molar-refractivity contribution in [3.63, 3.8) is 0 Å². The van der Waals surface area contributed by atoms with Crippen LogP contribution in [0, 0.1) is 5.82 Å². The van der Waals surface area contributed by atoms with Crippen LogP contribution in [0.2, 0.25) is 0 Å². The molecule has 0 radical (unpaired) electrons. The number of benzene rings is 2. The van der Waals surface area contributed by atoms with Crippen LogP contribution in [-0.4, -0.2) is 22.3 Å². The number of rotatable bonds is 8. The number of hydrogen-bond acceptors (Lipinski definition) is 3. The van der Waals surface area contributed by atoms with Gasteiger partial charge in [0.1, 0.15) is 5.82 Å². The third kappa shape index (κ3) is 5.03. The number of halogens is 1. The van der Waals surface area contributed by atoms with Crippen LogP contribution < -0.4 is 0 Å². The zero-order valence-electron chi connectivity index (χ0n) is 15.4. The first-order chi connectivity index (χ1) is 13.2. The van der Waals surface area contributed by atoms with E-state index in [-0.39, 0.29) is 11.7 Å². The molecule has 0 fully saturated rings. The molecule has 3 rings (SSSR count). The van der Waals surface area contributed by atoms with E-state index in [2.05, 4.69) is 11.9 Å². The van der Waals surface area contributed by atoms with E-state index in [1.807, 2.05) is 17.0 Å². The van der Waals surface area contributed by atoms with Gasteiger partial charge in [-0.3, -0.25) is 4.79 Å². The van der Waals surface area contributed by atoms with Gasteiger partial charge in [-0.25, -0.2) is 9.37 Å². The van der Waals surface area contributed by atoms with Crippen LogP contribution in [-0.2, 0) is 6.54 Å². The molecule has 0 saturated heterocycles. The van der Waals surface area contributed by atoms with Crippen LogP contribution in [0.15, 0.2) is 65.5 Å². The monoisotopic (exact) mass is 366 g/mol. The first-order valence-corrected chi connectivity index (χ1v) is 9.20. The number of carbonyl (C=O) groups is 1. The van der Waals surface area contributed by atoms with Crippen LogP contribution in [0.25, 0.3) is 11.3 Å². The van der Waals surface area contributed by atoms with Gasteiger partial charge in [-0.1, -0.05) is 44.0 Å². The van der Waals surface area contributed by atoms with E-state index in [9.17, 15) is 9.18 Å². The standard InChI is InChI=1S/C22H23FN2O2/c1-2-3-4-13-25(15-17-5-11-20(23)12-6-17)22(26)19-9-7-18(8-10-19)21-14-24-16-27-21/h5-12,14,16H,2-4,13,15H2,1H3. The molecular formula is C22H23FN2O2. The summed E-state index contributed by atoms with van der Waals surface area (Å²) >= 11 is 0. The third-order valence-electron chi connectivity index (χ3n) is 4.45. The molecule has 0 aliphatic rings. The summed E-state index contributed by atoms with van der Waals surface area (Å²) in [5.74, 6) is 0.366. The number of unbranched alkanes of at least 4 members (excludes halogenated alkanes) is 2. The third-order valence-corrected chi connectivity index (χ3v) is 4.45. The van der Waals surface area contributed by atoms with Crippen molar-refractivity contribution in [2.24, 2.45) is 0 Å². The Kier molecular flexibility index (Phi) is 6.36. The first-order valence-electron chi connectivity index (χ1n) is 9.20. The highest BCUT2D eigenvalue weighted by Crippen LogP contribution is 2.20. The molecule has 0 bridgehead atoms. The van der Waals surface area contributed by atoms with E-state index in [0.29, 0.717) is 24.4 Å². The zero-order chi connectivity index (χ0) is 19.1. The van der Waals surface area contributed by atoms with E-state index in [0.717, 1.165) is 30.4 Å². The molecule has 1 aromatic heterocycles. The van der Waals surface area contributed by atoms with E-state index in [4.69, 9.17) is 4.42 Å². The first kappa shape index (κ1) is 18.8. The SMILES string of the molecule is CCCCCN(Cc1ccc(F)cc1)C(=O)c1ccc(-c2cnco2)cc1. The second kappa shape index (κ2) is 9.12.